The van der Waals surface area contributed by atoms with Gasteiger partial charge in [-0.25, -0.2) is 13.6 Å². The van der Waals surface area contributed by atoms with Gasteiger partial charge in [0, 0.05) is 32.7 Å². The van der Waals surface area contributed by atoms with E-state index in [-0.39, 0.29) is 11.9 Å². The molecule has 0 spiro atoms. The zero-order valence-corrected chi connectivity index (χ0v) is 15.2. The number of hydrogen-bond donors (Lipinski definition) is 2. The molecule has 0 bridgehead atoms. The van der Waals surface area contributed by atoms with Gasteiger partial charge in [-0.2, -0.15) is 0 Å². The minimum absolute atomic E-state index is 0.00305. The Morgan fingerprint density at radius 3 is 2.46 bits per heavy atom. The molecule has 1 aromatic carbocycles. The first-order chi connectivity index (χ1) is 12.4. The number of amides is 3. The zero-order chi connectivity index (χ0) is 19.1. The monoisotopic (exact) mass is 368 g/mol. The summed E-state index contributed by atoms with van der Waals surface area (Å²) in [5.41, 5.74) is 0.503. The fourth-order valence-corrected chi connectivity index (χ4v) is 2.77. The Hall–Kier alpha value is -2.22. The lowest BCUT2D eigenvalue weighted by Gasteiger charge is -2.35. The van der Waals surface area contributed by atoms with Crippen molar-refractivity contribution in [1.29, 1.82) is 0 Å². The van der Waals surface area contributed by atoms with Crippen LogP contribution in [-0.4, -0.2) is 61.0 Å². The number of urea groups is 1. The molecule has 1 heterocycles. The Labute approximate surface area is 152 Å². The van der Waals surface area contributed by atoms with E-state index in [9.17, 15) is 18.4 Å². The minimum Gasteiger partial charge on any atom is -0.355 e. The van der Waals surface area contributed by atoms with E-state index < -0.39 is 17.7 Å². The molecule has 144 valence electrons. The topological polar surface area (TPSA) is 64.7 Å². The number of piperazine rings is 1. The molecule has 1 aliphatic rings. The van der Waals surface area contributed by atoms with Crippen molar-refractivity contribution in [2.45, 2.75) is 26.3 Å². The molecular formula is C18H26F2N4O2. The summed E-state index contributed by atoms with van der Waals surface area (Å²) in [6.07, 6.45) is 0.899. The summed E-state index contributed by atoms with van der Waals surface area (Å²) >= 11 is 0. The predicted molar refractivity (Wildman–Crippen MR) is 94.6 cm³/mol. The lowest BCUT2D eigenvalue weighted by atomic mass is 10.1. The Morgan fingerprint density at radius 2 is 1.85 bits per heavy atom. The van der Waals surface area contributed by atoms with Crippen LogP contribution in [0.1, 0.15) is 31.9 Å². The molecule has 1 unspecified atom stereocenters. The second-order valence-electron chi connectivity index (χ2n) is 6.46. The van der Waals surface area contributed by atoms with Crippen LogP contribution < -0.4 is 10.6 Å². The van der Waals surface area contributed by atoms with Gasteiger partial charge in [-0.3, -0.25) is 9.69 Å². The van der Waals surface area contributed by atoms with Crippen molar-refractivity contribution >= 4 is 11.9 Å². The van der Waals surface area contributed by atoms with E-state index in [4.69, 9.17) is 0 Å². The quantitative estimate of drug-likeness (QED) is 0.806. The van der Waals surface area contributed by atoms with Crippen LogP contribution in [0.5, 0.6) is 0 Å². The van der Waals surface area contributed by atoms with Crippen LogP contribution >= 0.6 is 0 Å². The van der Waals surface area contributed by atoms with E-state index in [1.54, 1.807) is 11.8 Å². The summed E-state index contributed by atoms with van der Waals surface area (Å²) in [5, 5.41) is 5.63. The van der Waals surface area contributed by atoms with Gasteiger partial charge in [-0.15, -0.1) is 0 Å². The van der Waals surface area contributed by atoms with Gasteiger partial charge in [0.05, 0.1) is 12.6 Å². The van der Waals surface area contributed by atoms with Gasteiger partial charge >= 0.3 is 6.03 Å². The predicted octanol–water partition coefficient (Wildman–Crippen LogP) is 1.88. The maximum Gasteiger partial charge on any atom is 0.317 e. The van der Waals surface area contributed by atoms with E-state index in [1.165, 1.54) is 6.07 Å². The fourth-order valence-electron chi connectivity index (χ4n) is 2.77. The highest BCUT2D eigenvalue weighted by atomic mass is 19.2. The van der Waals surface area contributed by atoms with Crippen molar-refractivity contribution in [2.75, 3.05) is 39.3 Å². The standard InChI is InChI=1S/C18H26F2N4O2/c1-3-6-21-17(25)12-23-7-9-24(10-8-23)18(26)22-13(2)14-4-5-15(19)16(20)11-14/h4-5,11,13H,3,6-10,12H2,1-2H3,(H,21,25)(H,22,26). The number of benzene rings is 1. The van der Waals surface area contributed by atoms with Crippen molar-refractivity contribution in [2.24, 2.45) is 0 Å². The SMILES string of the molecule is CCCNC(=O)CN1CCN(C(=O)NC(C)c2ccc(F)c(F)c2)CC1. The molecule has 8 heteroatoms. The third-order valence-electron chi connectivity index (χ3n) is 4.38. The van der Waals surface area contributed by atoms with Crippen molar-refractivity contribution in [3.05, 3.63) is 35.4 Å². The fraction of sp³-hybridized carbons (Fsp3) is 0.556. The lowest BCUT2D eigenvalue weighted by molar-refractivity contribution is -0.122. The number of rotatable bonds is 6. The van der Waals surface area contributed by atoms with Crippen LogP contribution in [0.25, 0.3) is 0 Å². The highest BCUT2D eigenvalue weighted by Gasteiger charge is 2.23. The molecular weight excluding hydrogens is 342 g/mol. The number of carbonyl (C=O) groups is 2. The van der Waals surface area contributed by atoms with Gasteiger partial charge in [0.2, 0.25) is 5.91 Å². The van der Waals surface area contributed by atoms with Crippen LogP contribution in [0.15, 0.2) is 18.2 Å². The summed E-state index contributed by atoms with van der Waals surface area (Å²) < 4.78 is 26.3. The zero-order valence-electron chi connectivity index (χ0n) is 15.2. The van der Waals surface area contributed by atoms with E-state index in [2.05, 4.69) is 10.6 Å². The molecule has 2 N–H and O–H groups in total. The molecule has 1 aromatic rings. The van der Waals surface area contributed by atoms with Crippen LogP contribution in [-0.2, 0) is 4.79 Å². The molecule has 0 aliphatic carbocycles. The van der Waals surface area contributed by atoms with Gasteiger partial charge in [0.15, 0.2) is 11.6 Å². The van der Waals surface area contributed by atoms with Crippen molar-refractivity contribution in [3.8, 4) is 0 Å². The molecule has 2 rings (SSSR count). The molecule has 26 heavy (non-hydrogen) atoms. The molecule has 1 fully saturated rings. The van der Waals surface area contributed by atoms with Gasteiger partial charge in [-0.1, -0.05) is 13.0 Å². The Balaban J connectivity index is 1.78. The first-order valence-electron chi connectivity index (χ1n) is 8.90. The van der Waals surface area contributed by atoms with Crippen molar-refractivity contribution < 1.29 is 18.4 Å². The van der Waals surface area contributed by atoms with E-state index in [0.29, 0.717) is 44.8 Å². The molecule has 1 saturated heterocycles. The van der Waals surface area contributed by atoms with Crippen LogP contribution in [0, 0.1) is 11.6 Å². The van der Waals surface area contributed by atoms with Gasteiger partial charge in [-0.05, 0) is 31.0 Å². The lowest BCUT2D eigenvalue weighted by Crippen LogP contribution is -2.53. The number of carbonyl (C=O) groups excluding carboxylic acids is 2. The number of halogens is 2. The van der Waals surface area contributed by atoms with E-state index in [0.717, 1.165) is 18.6 Å². The van der Waals surface area contributed by atoms with Gasteiger partial charge < -0.3 is 15.5 Å². The minimum atomic E-state index is -0.932. The largest absolute Gasteiger partial charge is 0.355 e. The number of nitrogens with one attached hydrogen (secondary N) is 2. The molecule has 0 aromatic heterocycles. The normalized spacial score (nSPS) is 16.2. The summed E-state index contributed by atoms with van der Waals surface area (Å²) in [4.78, 5) is 27.8. The molecule has 3 amide bonds. The van der Waals surface area contributed by atoms with Crippen molar-refractivity contribution in [1.82, 2.24) is 20.4 Å². The van der Waals surface area contributed by atoms with Crippen LogP contribution in [0.4, 0.5) is 13.6 Å². The Morgan fingerprint density at radius 1 is 1.15 bits per heavy atom. The maximum atomic E-state index is 13.3. The molecule has 6 nitrogen and oxygen atoms in total. The third kappa shape index (κ3) is 5.66. The van der Waals surface area contributed by atoms with E-state index in [1.807, 2.05) is 11.8 Å². The van der Waals surface area contributed by atoms with Crippen LogP contribution in [0.3, 0.4) is 0 Å². The second kappa shape index (κ2) is 9.47. The first-order valence-corrected chi connectivity index (χ1v) is 8.90. The first kappa shape index (κ1) is 20.1. The van der Waals surface area contributed by atoms with E-state index >= 15 is 0 Å². The number of nitrogens with zero attached hydrogens (tertiary/aromatic N) is 2. The highest BCUT2D eigenvalue weighted by molar-refractivity contribution is 5.78. The average molecular weight is 368 g/mol. The second-order valence-corrected chi connectivity index (χ2v) is 6.46. The molecule has 1 atom stereocenters. The maximum absolute atomic E-state index is 13.3. The van der Waals surface area contributed by atoms with Gasteiger partial charge in [0.25, 0.3) is 0 Å². The summed E-state index contributed by atoms with van der Waals surface area (Å²) in [7, 11) is 0. The summed E-state index contributed by atoms with van der Waals surface area (Å²) in [6, 6.07) is 2.91. The Kier molecular flexibility index (Phi) is 7.32. The summed E-state index contributed by atoms with van der Waals surface area (Å²) in [5.74, 6) is -1.85. The summed E-state index contributed by atoms with van der Waals surface area (Å²) in [6.45, 7) is 6.98. The highest BCUT2D eigenvalue weighted by Crippen LogP contribution is 2.16. The average Bonchev–Trinajstić information content (AvgIpc) is 2.62. The van der Waals surface area contributed by atoms with Crippen LogP contribution in [0.2, 0.25) is 0 Å². The number of hydrogen-bond acceptors (Lipinski definition) is 3. The Bertz CT molecular complexity index is 634. The smallest absolute Gasteiger partial charge is 0.317 e. The molecule has 0 saturated carbocycles. The third-order valence-corrected chi connectivity index (χ3v) is 4.38. The van der Waals surface area contributed by atoms with Crippen molar-refractivity contribution in [3.63, 3.8) is 0 Å². The molecule has 1 aliphatic heterocycles. The molecule has 0 radical (unpaired) electrons. The van der Waals surface area contributed by atoms with Gasteiger partial charge in [0.1, 0.15) is 0 Å².